The summed E-state index contributed by atoms with van der Waals surface area (Å²) in [7, 11) is -3.48. The van der Waals surface area contributed by atoms with Crippen LogP contribution in [-0.4, -0.2) is 31.7 Å². The van der Waals surface area contributed by atoms with Crippen molar-refractivity contribution in [3.05, 3.63) is 58.1 Å². The molecule has 0 radical (unpaired) electrons. The molecule has 0 aliphatic carbocycles. The van der Waals surface area contributed by atoms with Crippen molar-refractivity contribution in [1.29, 1.82) is 0 Å². The van der Waals surface area contributed by atoms with Crippen molar-refractivity contribution in [2.75, 3.05) is 18.4 Å². The van der Waals surface area contributed by atoms with Crippen LogP contribution in [-0.2, 0) is 10.0 Å². The Morgan fingerprint density at radius 3 is 2.19 bits per heavy atom. The van der Waals surface area contributed by atoms with Crippen LogP contribution in [0, 0.1) is 0 Å². The van der Waals surface area contributed by atoms with Gasteiger partial charge in [0.1, 0.15) is 0 Å². The lowest BCUT2D eigenvalue weighted by atomic mass is 10.2. The van der Waals surface area contributed by atoms with Crippen LogP contribution in [0.25, 0.3) is 0 Å². The molecule has 0 bridgehead atoms. The fourth-order valence-corrected chi connectivity index (χ4v) is 4.62. The number of amides is 1. The quantitative estimate of drug-likeness (QED) is 0.807. The van der Waals surface area contributed by atoms with Crippen LogP contribution in [0.4, 0.5) is 5.69 Å². The van der Waals surface area contributed by atoms with E-state index in [1.165, 1.54) is 22.5 Å². The molecule has 0 spiro atoms. The molecule has 1 N–H and O–H groups in total. The smallest absolute Gasteiger partial charge is 0.255 e. The van der Waals surface area contributed by atoms with Crippen molar-refractivity contribution in [2.45, 2.75) is 24.2 Å². The van der Waals surface area contributed by atoms with Gasteiger partial charge in [0.15, 0.2) is 0 Å². The molecule has 26 heavy (non-hydrogen) atoms. The molecule has 5 nitrogen and oxygen atoms in total. The maximum absolute atomic E-state index is 12.6. The molecule has 0 saturated carbocycles. The second kappa shape index (κ2) is 7.96. The summed E-state index contributed by atoms with van der Waals surface area (Å²) in [5, 5.41) is 3.38. The highest BCUT2D eigenvalue weighted by atomic mass is 35.5. The van der Waals surface area contributed by atoms with E-state index in [1.807, 2.05) is 0 Å². The molecule has 0 atom stereocenters. The predicted octanol–water partition coefficient (Wildman–Crippen LogP) is 4.42. The van der Waals surface area contributed by atoms with Gasteiger partial charge < -0.3 is 5.32 Å². The van der Waals surface area contributed by atoms with Crippen LogP contribution in [0.15, 0.2) is 47.4 Å². The van der Waals surface area contributed by atoms with Crippen molar-refractivity contribution in [3.8, 4) is 0 Å². The highest BCUT2D eigenvalue weighted by molar-refractivity contribution is 7.89. The largest absolute Gasteiger partial charge is 0.322 e. The maximum Gasteiger partial charge on any atom is 0.255 e. The van der Waals surface area contributed by atoms with Crippen LogP contribution in [0.1, 0.15) is 29.6 Å². The zero-order chi connectivity index (χ0) is 18.7. The average Bonchev–Trinajstić information content (AvgIpc) is 2.65. The fourth-order valence-electron chi connectivity index (χ4n) is 2.81. The van der Waals surface area contributed by atoms with Crippen LogP contribution in [0.5, 0.6) is 0 Å². The molecule has 1 heterocycles. The lowest BCUT2D eigenvalue weighted by molar-refractivity contribution is 0.102. The number of hydrogen-bond donors (Lipinski definition) is 1. The zero-order valence-electron chi connectivity index (χ0n) is 13.9. The summed E-state index contributed by atoms with van der Waals surface area (Å²) in [6.07, 6.45) is 2.83. The van der Waals surface area contributed by atoms with E-state index >= 15 is 0 Å². The first-order chi connectivity index (χ1) is 12.4. The van der Waals surface area contributed by atoms with E-state index in [2.05, 4.69) is 5.32 Å². The number of piperidine rings is 1. The number of carbonyl (C=O) groups excluding carboxylic acids is 1. The molecular formula is C18H18Cl2N2O3S. The predicted molar refractivity (Wildman–Crippen MR) is 103 cm³/mol. The third-order valence-electron chi connectivity index (χ3n) is 4.25. The Morgan fingerprint density at radius 2 is 1.58 bits per heavy atom. The van der Waals surface area contributed by atoms with E-state index in [0.717, 1.165) is 19.3 Å². The van der Waals surface area contributed by atoms with Gasteiger partial charge in [-0.25, -0.2) is 8.42 Å². The molecule has 2 aromatic carbocycles. The fraction of sp³-hybridized carbons (Fsp3) is 0.278. The SMILES string of the molecule is O=C(Nc1ccc(S(=O)(=O)N2CCCCC2)cc1)c1ccc(Cl)c(Cl)c1. The molecule has 138 valence electrons. The first-order valence-electron chi connectivity index (χ1n) is 8.24. The van der Waals surface area contributed by atoms with Crippen molar-refractivity contribution in [3.63, 3.8) is 0 Å². The minimum atomic E-state index is -3.48. The first kappa shape index (κ1) is 19.2. The Hall–Kier alpha value is -1.60. The number of benzene rings is 2. The number of halogens is 2. The van der Waals surface area contributed by atoms with Crippen molar-refractivity contribution < 1.29 is 13.2 Å². The zero-order valence-corrected chi connectivity index (χ0v) is 16.2. The molecule has 0 aromatic heterocycles. The molecule has 0 unspecified atom stereocenters. The Balaban J connectivity index is 1.73. The van der Waals surface area contributed by atoms with E-state index in [9.17, 15) is 13.2 Å². The summed E-state index contributed by atoms with van der Waals surface area (Å²) in [4.78, 5) is 12.5. The van der Waals surface area contributed by atoms with Crippen molar-refractivity contribution >= 4 is 44.8 Å². The Morgan fingerprint density at radius 1 is 0.923 bits per heavy atom. The first-order valence-corrected chi connectivity index (χ1v) is 10.4. The van der Waals surface area contributed by atoms with E-state index in [4.69, 9.17) is 23.2 Å². The number of hydrogen-bond acceptors (Lipinski definition) is 3. The maximum atomic E-state index is 12.6. The summed E-state index contributed by atoms with van der Waals surface area (Å²) < 4.78 is 26.8. The number of rotatable bonds is 4. The highest BCUT2D eigenvalue weighted by Gasteiger charge is 2.25. The summed E-state index contributed by atoms with van der Waals surface area (Å²) in [5.74, 6) is -0.352. The Bertz CT molecular complexity index is 909. The third kappa shape index (κ3) is 4.20. The highest BCUT2D eigenvalue weighted by Crippen LogP contribution is 2.24. The van der Waals surface area contributed by atoms with E-state index in [-0.39, 0.29) is 10.8 Å². The van der Waals surface area contributed by atoms with Gasteiger partial charge in [0.25, 0.3) is 5.91 Å². The topological polar surface area (TPSA) is 66.5 Å². The number of anilines is 1. The van der Waals surface area contributed by atoms with Gasteiger partial charge >= 0.3 is 0 Å². The lowest BCUT2D eigenvalue weighted by Gasteiger charge is -2.25. The molecule has 1 fully saturated rings. The normalized spacial score (nSPS) is 15.6. The van der Waals surface area contributed by atoms with Crippen molar-refractivity contribution in [2.24, 2.45) is 0 Å². The number of carbonyl (C=O) groups is 1. The minimum Gasteiger partial charge on any atom is -0.322 e. The van der Waals surface area contributed by atoms with Gasteiger partial charge in [0.05, 0.1) is 14.9 Å². The summed E-state index contributed by atoms with van der Waals surface area (Å²) >= 11 is 11.8. The van der Waals surface area contributed by atoms with Crippen LogP contribution in [0.2, 0.25) is 10.0 Å². The van der Waals surface area contributed by atoms with Gasteiger partial charge in [0.2, 0.25) is 10.0 Å². The summed E-state index contributed by atoms with van der Waals surface area (Å²) in [5.41, 5.74) is 0.864. The van der Waals surface area contributed by atoms with Gasteiger partial charge in [-0.2, -0.15) is 4.31 Å². The molecule has 8 heteroatoms. The molecule has 1 saturated heterocycles. The minimum absolute atomic E-state index is 0.229. The van der Waals surface area contributed by atoms with Crippen LogP contribution in [0.3, 0.4) is 0 Å². The second-order valence-electron chi connectivity index (χ2n) is 6.07. The van der Waals surface area contributed by atoms with Crippen LogP contribution < -0.4 is 5.32 Å². The standard InChI is InChI=1S/C18H18Cl2N2O3S/c19-16-9-4-13(12-17(16)20)18(23)21-14-5-7-15(8-6-14)26(24,25)22-10-2-1-3-11-22/h4-9,12H,1-3,10-11H2,(H,21,23). The van der Waals surface area contributed by atoms with Gasteiger partial charge in [0, 0.05) is 24.3 Å². The van der Waals surface area contributed by atoms with Gasteiger partial charge in [-0.15, -0.1) is 0 Å². The lowest BCUT2D eigenvalue weighted by Crippen LogP contribution is -2.35. The number of nitrogens with one attached hydrogen (secondary N) is 1. The van der Waals surface area contributed by atoms with E-state index in [0.29, 0.717) is 34.4 Å². The molecule has 1 amide bonds. The summed E-state index contributed by atoms with van der Waals surface area (Å²) in [6, 6.07) is 10.8. The van der Waals surface area contributed by atoms with Crippen molar-refractivity contribution in [1.82, 2.24) is 4.31 Å². The number of sulfonamides is 1. The molecule has 1 aliphatic heterocycles. The monoisotopic (exact) mass is 412 g/mol. The Labute approximate surface area is 163 Å². The van der Waals surface area contributed by atoms with Crippen LogP contribution >= 0.6 is 23.2 Å². The molecular weight excluding hydrogens is 395 g/mol. The van der Waals surface area contributed by atoms with Gasteiger partial charge in [-0.3, -0.25) is 4.79 Å². The molecule has 3 rings (SSSR count). The molecule has 1 aliphatic rings. The van der Waals surface area contributed by atoms with Gasteiger partial charge in [-0.05, 0) is 55.3 Å². The third-order valence-corrected chi connectivity index (χ3v) is 6.90. The second-order valence-corrected chi connectivity index (χ2v) is 8.82. The average molecular weight is 413 g/mol. The Kier molecular flexibility index (Phi) is 5.87. The van der Waals surface area contributed by atoms with Gasteiger partial charge in [-0.1, -0.05) is 29.6 Å². The number of nitrogens with zero attached hydrogens (tertiary/aromatic N) is 1. The van der Waals surface area contributed by atoms with E-state index < -0.39 is 10.0 Å². The van der Waals surface area contributed by atoms with E-state index in [1.54, 1.807) is 24.3 Å². The summed E-state index contributed by atoms with van der Waals surface area (Å²) in [6.45, 7) is 1.11. The molecule has 2 aromatic rings.